The van der Waals surface area contributed by atoms with Gasteiger partial charge in [0, 0.05) is 26.7 Å². The van der Waals surface area contributed by atoms with Crippen molar-refractivity contribution in [2.45, 2.75) is 51.5 Å². The van der Waals surface area contributed by atoms with Gasteiger partial charge in [0.1, 0.15) is 23.4 Å². The number of aryl methyl sites for hydroxylation is 1. The van der Waals surface area contributed by atoms with Crippen LogP contribution in [0, 0.1) is 0 Å². The molecule has 0 saturated carbocycles. The molecule has 5 rings (SSSR count). The van der Waals surface area contributed by atoms with Crippen LogP contribution >= 0.6 is 7.60 Å². The highest BCUT2D eigenvalue weighted by Gasteiger charge is 2.31. The predicted octanol–water partition coefficient (Wildman–Crippen LogP) is 8.91. The molecule has 1 saturated heterocycles. The highest BCUT2D eigenvalue weighted by Crippen LogP contribution is 2.49. The van der Waals surface area contributed by atoms with Crippen molar-refractivity contribution >= 4 is 18.7 Å². The molecule has 0 radical (unpaired) electrons. The average Bonchev–Trinajstić information content (AvgIpc) is 3.38. The monoisotopic (exact) mass is 677 g/mol. The lowest BCUT2D eigenvalue weighted by Gasteiger charge is -2.20. The number of fused-ring (bicyclic) bond motifs is 1. The van der Waals surface area contributed by atoms with Gasteiger partial charge >= 0.3 is 14.0 Å². The van der Waals surface area contributed by atoms with Crippen LogP contribution in [0.15, 0.2) is 66.7 Å². The Kier molecular flexibility index (Phi) is 11.7. The predicted molar refractivity (Wildman–Crippen MR) is 173 cm³/mol. The lowest BCUT2D eigenvalue weighted by Crippen LogP contribution is -2.26. The fourth-order valence-corrected chi connectivity index (χ4v) is 7.50. The normalized spacial score (nSPS) is 18.4. The molecule has 12 heteroatoms. The molecule has 2 aliphatic rings. The lowest BCUT2D eigenvalue weighted by atomic mass is 9.88. The molecule has 0 aromatic heterocycles. The average molecular weight is 678 g/mol. The maximum Gasteiger partial charge on any atom is 0.573 e. The molecular weight excluding hydrogens is 637 g/mol. The summed E-state index contributed by atoms with van der Waals surface area (Å²) in [6.07, 6.45) is -1.44. The molecule has 1 heterocycles. The zero-order valence-corrected chi connectivity index (χ0v) is 27.5. The molecular formula is C35H40F4NO6P. The van der Waals surface area contributed by atoms with Gasteiger partial charge in [0.2, 0.25) is 0 Å². The summed E-state index contributed by atoms with van der Waals surface area (Å²) in [4.78, 5) is 2.21. The molecule has 47 heavy (non-hydrogen) atoms. The van der Waals surface area contributed by atoms with Crippen molar-refractivity contribution < 1.29 is 45.4 Å². The molecule has 0 bridgehead atoms. The van der Waals surface area contributed by atoms with E-state index in [2.05, 4.69) is 9.64 Å². The summed E-state index contributed by atoms with van der Waals surface area (Å²) in [7, 11) is -2.10. The van der Waals surface area contributed by atoms with E-state index < -0.39 is 14.0 Å². The van der Waals surface area contributed by atoms with Crippen LogP contribution in [0.25, 0.3) is 11.1 Å². The first kappa shape index (κ1) is 35.0. The third-order valence-corrected chi connectivity index (χ3v) is 9.81. The number of halogens is 4. The van der Waals surface area contributed by atoms with Gasteiger partial charge in [-0.1, -0.05) is 30.3 Å². The van der Waals surface area contributed by atoms with Gasteiger partial charge in [-0.05, 0) is 109 Å². The van der Waals surface area contributed by atoms with Crippen LogP contribution in [-0.4, -0.2) is 63.7 Å². The van der Waals surface area contributed by atoms with E-state index in [4.69, 9.17) is 18.5 Å². The summed E-state index contributed by atoms with van der Waals surface area (Å²) in [5.74, 6) is 0.838. The van der Waals surface area contributed by atoms with Crippen LogP contribution in [0.4, 0.5) is 17.6 Å². The second-order valence-electron chi connectivity index (χ2n) is 11.5. The number of likely N-dealkylation sites (tertiary alicyclic amines) is 1. The van der Waals surface area contributed by atoms with E-state index in [-0.39, 0.29) is 31.5 Å². The number of nitrogens with zero attached hydrogens (tertiary/aromatic N) is 1. The Morgan fingerprint density at radius 3 is 2.32 bits per heavy atom. The van der Waals surface area contributed by atoms with Gasteiger partial charge in [-0.15, -0.1) is 13.2 Å². The first-order chi connectivity index (χ1) is 22.6. The van der Waals surface area contributed by atoms with Crippen LogP contribution in [0.5, 0.6) is 17.2 Å². The van der Waals surface area contributed by atoms with Crippen molar-refractivity contribution in [1.82, 2.24) is 4.90 Å². The SMILES string of the molecule is CCOP(=O)(COC)Oc1ccc2c(c1)CCCC(c1ccc(OC(F)(F)F)cc1)=C2c1ccc(O[C@H]2CCN(CCCF)C2)cc1. The fraction of sp³-hybridized carbons (Fsp3) is 0.429. The van der Waals surface area contributed by atoms with Crippen LogP contribution in [0.1, 0.15) is 54.9 Å². The van der Waals surface area contributed by atoms with Crippen molar-refractivity contribution in [3.8, 4) is 17.2 Å². The summed E-state index contributed by atoms with van der Waals surface area (Å²) in [5.41, 5.74) is 5.51. The van der Waals surface area contributed by atoms with Crippen LogP contribution in [0.2, 0.25) is 0 Å². The highest BCUT2D eigenvalue weighted by atomic mass is 31.2. The Bertz CT molecular complexity index is 1550. The van der Waals surface area contributed by atoms with Gasteiger partial charge in [-0.2, -0.15) is 0 Å². The van der Waals surface area contributed by atoms with Crippen molar-refractivity contribution in [3.05, 3.63) is 89.0 Å². The summed E-state index contributed by atoms with van der Waals surface area (Å²) in [6, 6.07) is 19.3. The number of ether oxygens (including phenoxy) is 3. The molecule has 0 spiro atoms. The second kappa shape index (κ2) is 15.7. The van der Waals surface area contributed by atoms with E-state index in [0.29, 0.717) is 25.0 Å². The largest absolute Gasteiger partial charge is 0.573 e. The Hall–Kier alpha value is -3.37. The lowest BCUT2D eigenvalue weighted by molar-refractivity contribution is -0.274. The molecule has 1 unspecified atom stereocenters. The molecule has 0 amide bonds. The number of hydrogen-bond donors (Lipinski definition) is 0. The third-order valence-electron chi connectivity index (χ3n) is 8.10. The minimum absolute atomic E-state index is 0.0236. The minimum atomic E-state index is -4.78. The van der Waals surface area contributed by atoms with E-state index in [1.54, 1.807) is 25.1 Å². The summed E-state index contributed by atoms with van der Waals surface area (Å²) in [5, 5.41) is 0. The van der Waals surface area contributed by atoms with Gasteiger partial charge in [0.25, 0.3) is 0 Å². The van der Waals surface area contributed by atoms with Gasteiger partial charge in [0.05, 0.1) is 13.3 Å². The van der Waals surface area contributed by atoms with E-state index in [9.17, 15) is 22.1 Å². The first-order valence-corrected chi connectivity index (χ1v) is 17.5. The molecule has 254 valence electrons. The number of rotatable bonds is 14. The number of hydrogen-bond acceptors (Lipinski definition) is 7. The minimum Gasteiger partial charge on any atom is -0.489 e. The quantitative estimate of drug-likeness (QED) is 0.125. The van der Waals surface area contributed by atoms with Crippen molar-refractivity contribution in [2.75, 3.05) is 46.4 Å². The van der Waals surface area contributed by atoms with E-state index in [1.165, 1.54) is 19.2 Å². The Labute approximate surface area is 273 Å². The Balaban J connectivity index is 1.49. The Morgan fingerprint density at radius 2 is 1.64 bits per heavy atom. The zero-order valence-electron chi connectivity index (χ0n) is 26.6. The third kappa shape index (κ3) is 9.38. The molecule has 3 aromatic carbocycles. The molecule has 1 fully saturated rings. The van der Waals surface area contributed by atoms with E-state index in [1.807, 2.05) is 36.4 Å². The van der Waals surface area contributed by atoms with Crippen molar-refractivity contribution in [3.63, 3.8) is 0 Å². The summed E-state index contributed by atoms with van der Waals surface area (Å²) < 4.78 is 91.1. The van der Waals surface area contributed by atoms with Gasteiger partial charge in [0.15, 0.2) is 6.35 Å². The van der Waals surface area contributed by atoms with Crippen molar-refractivity contribution in [1.29, 1.82) is 0 Å². The first-order valence-electron chi connectivity index (χ1n) is 15.8. The smallest absolute Gasteiger partial charge is 0.489 e. The molecule has 7 nitrogen and oxygen atoms in total. The van der Waals surface area contributed by atoms with Crippen LogP contribution < -0.4 is 14.0 Å². The second-order valence-corrected chi connectivity index (χ2v) is 13.5. The number of benzene rings is 3. The molecule has 0 N–H and O–H groups in total. The van der Waals surface area contributed by atoms with Gasteiger partial charge in [-0.3, -0.25) is 13.8 Å². The molecule has 3 aromatic rings. The molecule has 2 atom stereocenters. The highest BCUT2D eigenvalue weighted by molar-refractivity contribution is 7.54. The van der Waals surface area contributed by atoms with Crippen LogP contribution in [-0.2, 0) is 20.2 Å². The molecule has 1 aliphatic carbocycles. The standard InChI is InChI=1S/C35H40F4NO6P/c1-3-43-47(41,24-42-2)46-30-16-17-33-27(22-30)6-4-7-32(25-8-14-29(15-9-25)45-35(37,38)39)34(33)26-10-12-28(13-11-26)44-31-18-21-40(23-31)20-5-19-36/h8-17,22,31H,3-7,18-21,23-24H2,1-2H3/t31-,47?/m0/s1. The Morgan fingerprint density at radius 1 is 0.936 bits per heavy atom. The van der Waals surface area contributed by atoms with Gasteiger partial charge < -0.3 is 18.7 Å². The van der Waals surface area contributed by atoms with E-state index in [0.717, 1.165) is 71.6 Å². The van der Waals surface area contributed by atoms with E-state index >= 15 is 0 Å². The van der Waals surface area contributed by atoms with Crippen LogP contribution in [0.3, 0.4) is 0 Å². The maximum atomic E-state index is 13.2. The molecule has 1 aliphatic heterocycles. The zero-order chi connectivity index (χ0) is 33.4. The topological polar surface area (TPSA) is 66.5 Å². The van der Waals surface area contributed by atoms with Gasteiger partial charge in [-0.25, -0.2) is 4.57 Å². The van der Waals surface area contributed by atoms with Crippen molar-refractivity contribution in [2.24, 2.45) is 0 Å². The maximum absolute atomic E-state index is 13.2. The summed E-state index contributed by atoms with van der Waals surface area (Å²) >= 11 is 0. The fourth-order valence-electron chi connectivity index (χ4n) is 6.17. The number of methoxy groups -OCH3 is 1. The number of allylic oxidation sites excluding steroid dienone is 1. The summed E-state index contributed by atoms with van der Waals surface area (Å²) in [6.45, 7) is 3.95. The number of alkyl halides is 4.